The lowest BCUT2D eigenvalue weighted by atomic mass is 9.80. The molecular weight excluding hydrogens is 428 g/mol. The first kappa shape index (κ1) is 22.3. The average molecular weight is 457 g/mol. The van der Waals surface area contributed by atoms with Gasteiger partial charge in [0.2, 0.25) is 5.91 Å². The molecule has 2 amide bonds. The number of carbonyl (C=O) groups excluding carboxylic acids is 2. The zero-order valence-corrected chi connectivity index (χ0v) is 19.3. The van der Waals surface area contributed by atoms with E-state index in [4.69, 9.17) is 4.74 Å². The van der Waals surface area contributed by atoms with E-state index >= 15 is 0 Å². The van der Waals surface area contributed by atoms with Gasteiger partial charge in [0.15, 0.2) is 9.84 Å². The van der Waals surface area contributed by atoms with Crippen LogP contribution in [0.4, 0.5) is 10.5 Å². The molecule has 0 spiro atoms. The summed E-state index contributed by atoms with van der Waals surface area (Å²) in [5.41, 5.74) is 2.13. The molecule has 3 unspecified atom stereocenters. The molecule has 4 rings (SSSR count). The van der Waals surface area contributed by atoms with Gasteiger partial charge in [0.25, 0.3) is 0 Å². The maximum atomic E-state index is 12.7. The number of benzene rings is 2. The summed E-state index contributed by atoms with van der Waals surface area (Å²) in [5, 5.41) is 2.95. The first-order chi connectivity index (χ1) is 15.2. The van der Waals surface area contributed by atoms with Crippen LogP contribution in [0.2, 0.25) is 0 Å². The van der Waals surface area contributed by atoms with Crippen LogP contribution in [0.5, 0.6) is 0 Å². The smallest absolute Gasteiger partial charge is 0.407 e. The van der Waals surface area contributed by atoms with Gasteiger partial charge >= 0.3 is 6.09 Å². The molecule has 0 radical (unpaired) electrons. The van der Waals surface area contributed by atoms with E-state index < -0.39 is 22.0 Å². The van der Waals surface area contributed by atoms with Gasteiger partial charge in [0.05, 0.1) is 10.9 Å². The lowest BCUT2D eigenvalue weighted by Crippen LogP contribution is -2.53. The van der Waals surface area contributed by atoms with Gasteiger partial charge in [-0.2, -0.15) is 0 Å². The third kappa shape index (κ3) is 4.50. The number of nitrogens with zero attached hydrogens (tertiary/aromatic N) is 1. The van der Waals surface area contributed by atoms with Crippen LogP contribution in [-0.4, -0.2) is 32.7 Å². The van der Waals surface area contributed by atoms with Gasteiger partial charge in [-0.05, 0) is 48.1 Å². The van der Waals surface area contributed by atoms with Crippen LogP contribution in [0.25, 0.3) is 0 Å². The Bertz CT molecular complexity index is 1130. The Labute approximate surface area is 188 Å². The molecule has 2 aromatic carbocycles. The van der Waals surface area contributed by atoms with Crippen LogP contribution < -0.4 is 10.2 Å². The quantitative estimate of drug-likeness (QED) is 0.738. The number of sulfone groups is 1. The lowest BCUT2D eigenvalue weighted by molar-refractivity contribution is -0.117. The van der Waals surface area contributed by atoms with Gasteiger partial charge in [0, 0.05) is 30.8 Å². The highest BCUT2D eigenvalue weighted by Gasteiger charge is 2.48. The maximum Gasteiger partial charge on any atom is 0.407 e. The predicted molar refractivity (Wildman–Crippen MR) is 121 cm³/mol. The number of hydrogen-bond acceptors (Lipinski definition) is 5. The molecule has 1 saturated carbocycles. The minimum absolute atomic E-state index is 0.0662. The molecular formula is C24H28N2O5S. The SMILES string of the molecule is CC(=O)N1c2ccc(S(C)(=O)=O)cc2C(NC(=O)OCc2ccccc2)C(C)C1C1CC1. The fourth-order valence-electron chi connectivity index (χ4n) is 4.67. The number of rotatable bonds is 5. The summed E-state index contributed by atoms with van der Waals surface area (Å²) in [7, 11) is -3.45. The third-order valence-corrected chi connectivity index (χ3v) is 7.42. The fraction of sp³-hybridized carbons (Fsp3) is 0.417. The van der Waals surface area contributed by atoms with Crippen molar-refractivity contribution in [2.75, 3.05) is 11.2 Å². The second kappa shape index (κ2) is 8.58. The molecule has 170 valence electrons. The van der Waals surface area contributed by atoms with Gasteiger partial charge < -0.3 is 15.0 Å². The molecule has 1 heterocycles. The first-order valence-electron chi connectivity index (χ1n) is 10.8. The van der Waals surface area contributed by atoms with Crippen LogP contribution in [0.15, 0.2) is 53.4 Å². The Hall–Kier alpha value is -2.87. The van der Waals surface area contributed by atoms with Gasteiger partial charge in [-0.1, -0.05) is 37.3 Å². The zero-order valence-electron chi connectivity index (χ0n) is 18.4. The highest BCUT2D eigenvalue weighted by molar-refractivity contribution is 7.90. The predicted octanol–water partition coefficient (Wildman–Crippen LogP) is 3.84. The van der Waals surface area contributed by atoms with Crippen molar-refractivity contribution in [3.63, 3.8) is 0 Å². The van der Waals surface area contributed by atoms with Crippen molar-refractivity contribution in [3.05, 3.63) is 59.7 Å². The number of anilines is 1. The van der Waals surface area contributed by atoms with Crippen LogP contribution in [0.3, 0.4) is 0 Å². The molecule has 1 fully saturated rings. The molecule has 0 saturated heterocycles. The van der Waals surface area contributed by atoms with Crippen molar-refractivity contribution in [2.45, 2.75) is 50.3 Å². The van der Waals surface area contributed by atoms with Crippen LogP contribution in [-0.2, 0) is 26.0 Å². The van der Waals surface area contributed by atoms with Crippen LogP contribution >= 0.6 is 0 Å². The summed E-state index contributed by atoms with van der Waals surface area (Å²) >= 11 is 0. The van der Waals surface area contributed by atoms with E-state index in [-0.39, 0.29) is 29.4 Å². The molecule has 0 aromatic heterocycles. The largest absolute Gasteiger partial charge is 0.445 e. The maximum absolute atomic E-state index is 12.7. The number of carbonyl (C=O) groups is 2. The number of fused-ring (bicyclic) bond motifs is 1. The molecule has 7 nitrogen and oxygen atoms in total. The monoisotopic (exact) mass is 456 g/mol. The van der Waals surface area contributed by atoms with Gasteiger partial charge in [-0.3, -0.25) is 4.79 Å². The van der Waals surface area contributed by atoms with Crippen molar-refractivity contribution >= 4 is 27.5 Å². The topological polar surface area (TPSA) is 92.8 Å². The molecule has 1 N–H and O–H groups in total. The van der Waals surface area contributed by atoms with E-state index in [1.54, 1.807) is 17.0 Å². The van der Waals surface area contributed by atoms with E-state index in [9.17, 15) is 18.0 Å². The lowest BCUT2D eigenvalue weighted by Gasteiger charge is -2.45. The van der Waals surface area contributed by atoms with Gasteiger partial charge in [-0.25, -0.2) is 13.2 Å². The standard InChI is InChI=1S/C24H28N2O5S/c1-15-22(25-24(28)31-14-17-7-5-4-6-8-17)20-13-19(32(3,29)30)11-12-21(20)26(16(2)27)23(15)18-9-10-18/h4-8,11-13,15,18,22-23H,9-10,14H2,1-3H3,(H,25,28). The van der Waals surface area contributed by atoms with Gasteiger partial charge in [0.1, 0.15) is 6.61 Å². The van der Waals surface area contributed by atoms with Crippen molar-refractivity contribution in [2.24, 2.45) is 11.8 Å². The summed E-state index contributed by atoms with van der Waals surface area (Å²) in [6.07, 6.45) is 2.63. The summed E-state index contributed by atoms with van der Waals surface area (Å²) in [5.74, 6) is 0.159. The normalized spacial score (nSPS) is 22.7. The summed E-state index contributed by atoms with van der Waals surface area (Å²) in [6, 6.07) is 13.6. The molecule has 3 atom stereocenters. The van der Waals surface area contributed by atoms with E-state index in [1.807, 2.05) is 37.3 Å². The Morgan fingerprint density at radius 3 is 2.41 bits per heavy atom. The van der Waals surface area contributed by atoms with Crippen molar-refractivity contribution < 1.29 is 22.7 Å². The zero-order chi connectivity index (χ0) is 23.0. The minimum atomic E-state index is -3.45. The van der Waals surface area contributed by atoms with Crippen molar-refractivity contribution in [1.82, 2.24) is 5.32 Å². The highest BCUT2D eigenvalue weighted by Crippen LogP contribution is 2.49. The molecule has 2 aliphatic rings. The molecule has 1 aliphatic carbocycles. The molecule has 1 aliphatic heterocycles. The Morgan fingerprint density at radius 1 is 1.12 bits per heavy atom. The summed E-state index contributed by atoms with van der Waals surface area (Å²) in [6.45, 7) is 3.66. The summed E-state index contributed by atoms with van der Waals surface area (Å²) < 4.78 is 29.8. The Kier molecular flexibility index (Phi) is 5.99. The first-order valence-corrected chi connectivity index (χ1v) is 12.7. The number of amides is 2. The average Bonchev–Trinajstić information content (AvgIpc) is 3.58. The Balaban J connectivity index is 1.67. The third-order valence-electron chi connectivity index (χ3n) is 6.31. The van der Waals surface area contributed by atoms with Crippen LogP contribution in [0.1, 0.15) is 43.9 Å². The van der Waals surface area contributed by atoms with E-state index in [1.165, 1.54) is 13.0 Å². The number of nitrogens with one attached hydrogen (secondary N) is 1. The number of ether oxygens (including phenoxy) is 1. The highest BCUT2D eigenvalue weighted by atomic mass is 32.2. The summed E-state index contributed by atoms with van der Waals surface area (Å²) in [4.78, 5) is 27.2. The van der Waals surface area contributed by atoms with E-state index in [2.05, 4.69) is 5.32 Å². The molecule has 0 bridgehead atoms. The van der Waals surface area contributed by atoms with Gasteiger partial charge in [-0.15, -0.1) is 0 Å². The van der Waals surface area contributed by atoms with Crippen molar-refractivity contribution in [1.29, 1.82) is 0 Å². The van der Waals surface area contributed by atoms with E-state index in [0.29, 0.717) is 17.2 Å². The molecule has 8 heteroatoms. The van der Waals surface area contributed by atoms with E-state index in [0.717, 1.165) is 24.7 Å². The Morgan fingerprint density at radius 2 is 1.81 bits per heavy atom. The second-order valence-corrected chi connectivity index (χ2v) is 10.8. The van der Waals surface area contributed by atoms with Crippen LogP contribution in [0, 0.1) is 11.8 Å². The molecule has 2 aromatic rings. The number of hydrogen-bond donors (Lipinski definition) is 1. The molecule has 32 heavy (non-hydrogen) atoms. The number of alkyl carbamates (subject to hydrolysis) is 1. The van der Waals surface area contributed by atoms with Crippen molar-refractivity contribution in [3.8, 4) is 0 Å². The second-order valence-electron chi connectivity index (χ2n) is 8.75. The fourth-order valence-corrected chi connectivity index (χ4v) is 5.32. The minimum Gasteiger partial charge on any atom is -0.445 e.